The van der Waals surface area contributed by atoms with Crippen LogP contribution in [0.5, 0.6) is 5.75 Å². The smallest absolute Gasteiger partial charge is 0.462 e. The van der Waals surface area contributed by atoms with Crippen molar-refractivity contribution in [3.8, 4) is 5.75 Å². The van der Waals surface area contributed by atoms with Gasteiger partial charge in [0.15, 0.2) is 18.5 Å². The van der Waals surface area contributed by atoms with Crippen LogP contribution in [0, 0.1) is 6.57 Å². The SMILES string of the molecule is [C-]#[N+][C@@]12COP(=O)(Oc3ccccc3C(=O)OCC)O[C@H]1[C@@H](OC(=O)CC)[C@H](c1ccc3c(N)ncnn13)O2. The quantitative estimate of drug-likeness (QED) is 0.256. The molecule has 5 atom stereocenters. The van der Waals surface area contributed by atoms with Gasteiger partial charge >= 0.3 is 25.5 Å². The molecule has 14 nitrogen and oxygen atoms in total. The van der Waals surface area contributed by atoms with E-state index in [0.717, 1.165) is 0 Å². The number of carbonyl (C=O) groups is 2. The van der Waals surface area contributed by atoms with Gasteiger partial charge in [0.25, 0.3) is 0 Å². The summed E-state index contributed by atoms with van der Waals surface area (Å²) in [5.74, 6) is -1.22. The maximum Gasteiger partial charge on any atom is 0.531 e. The van der Waals surface area contributed by atoms with E-state index < -0.39 is 50.4 Å². The predicted octanol–water partition coefficient (Wildman–Crippen LogP) is 3.10. The molecule has 39 heavy (non-hydrogen) atoms. The first-order valence-corrected chi connectivity index (χ1v) is 13.4. The Morgan fingerprint density at radius 2 is 2.08 bits per heavy atom. The molecule has 1 unspecified atom stereocenters. The number of rotatable bonds is 7. The van der Waals surface area contributed by atoms with Gasteiger partial charge in [0.2, 0.25) is 6.10 Å². The molecule has 2 aromatic heterocycles. The van der Waals surface area contributed by atoms with Crippen LogP contribution in [0.25, 0.3) is 10.4 Å². The molecular weight excluding hydrogens is 533 g/mol. The standard InChI is InChI=1S/C24H24N5O9P/c1-4-18(30)35-20-19(15-10-11-16-22(25)27-13-28-29(15)16)36-24(26-3)12-34-39(32,38-21(20)24)37-17-9-7-6-8-14(17)23(31)33-5-2/h6-11,13,19-21H,4-5,12H2,1-2H3,(H2,25,27,28)/t19-,20-,21-,24+,39?/m0/s1. The molecule has 2 N–H and O–H groups in total. The van der Waals surface area contributed by atoms with Gasteiger partial charge < -0.3 is 19.7 Å². The monoisotopic (exact) mass is 557 g/mol. The van der Waals surface area contributed by atoms with Crippen molar-refractivity contribution in [3.05, 3.63) is 65.4 Å². The third kappa shape index (κ3) is 4.70. The number of nitrogen functional groups attached to an aromatic ring is 1. The molecule has 2 saturated heterocycles. The molecule has 15 heteroatoms. The number of anilines is 1. The van der Waals surface area contributed by atoms with Crippen LogP contribution in [0.1, 0.15) is 42.4 Å². The normalized spacial score (nSPS) is 27.9. The number of carbonyl (C=O) groups excluding carboxylic acids is 2. The average molecular weight is 557 g/mol. The molecule has 0 aliphatic carbocycles. The van der Waals surface area contributed by atoms with Crippen LogP contribution < -0.4 is 10.3 Å². The summed E-state index contributed by atoms with van der Waals surface area (Å²) in [7, 11) is -4.47. The Morgan fingerprint density at radius 1 is 1.28 bits per heavy atom. The highest BCUT2D eigenvalue weighted by molar-refractivity contribution is 7.49. The highest BCUT2D eigenvalue weighted by Crippen LogP contribution is 2.61. The Balaban J connectivity index is 1.52. The number of hydrogen-bond donors (Lipinski definition) is 1. The number of esters is 2. The first kappa shape index (κ1) is 26.6. The van der Waals surface area contributed by atoms with Crippen LogP contribution >= 0.6 is 7.82 Å². The molecule has 0 saturated carbocycles. The predicted molar refractivity (Wildman–Crippen MR) is 132 cm³/mol. The van der Waals surface area contributed by atoms with E-state index in [9.17, 15) is 14.2 Å². The summed E-state index contributed by atoms with van der Waals surface area (Å²) in [5, 5.41) is 4.20. The number of aromatic nitrogens is 3. The molecule has 2 fully saturated rings. The minimum Gasteiger partial charge on any atom is -0.462 e. The molecule has 1 aromatic carbocycles. The van der Waals surface area contributed by atoms with E-state index in [-0.39, 0.29) is 30.2 Å². The lowest BCUT2D eigenvalue weighted by Gasteiger charge is -2.32. The van der Waals surface area contributed by atoms with Gasteiger partial charge in [0.05, 0.1) is 12.3 Å². The molecule has 0 spiro atoms. The summed E-state index contributed by atoms with van der Waals surface area (Å²) in [6.07, 6.45) is -2.47. The van der Waals surface area contributed by atoms with Crippen LogP contribution in [-0.4, -0.2) is 57.7 Å². The van der Waals surface area contributed by atoms with Crippen molar-refractivity contribution in [1.82, 2.24) is 14.6 Å². The highest BCUT2D eigenvalue weighted by atomic mass is 31.2. The van der Waals surface area contributed by atoms with Crippen molar-refractivity contribution in [3.63, 3.8) is 0 Å². The van der Waals surface area contributed by atoms with Gasteiger partial charge in [0.1, 0.15) is 29.3 Å². The second-order valence-electron chi connectivity index (χ2n) is 8.56. The Bertz CT molecular complexity index is 1520. The van der Waals surface area contributed by atoms with Crippen molar-refractivity contribution in [2.75, 3.05) is 18.9 Å². The van der Waals surface area contributed by atoms with Gasteiger partial charge in [0, 0.05) is 6.42 Å². The summed E-state index contributed by atoms with van der Waals surface area (Å²) < 4.78 is 48.9. The zero-order valence-electron chi connectivity index (χ0n) is 20.9. The van der Waals surface area contributed by atoms with Crippen LogP contribution in [-0.2, 0) is 32.6 Å². The van der Waals surface area contributed by atoms with E-state index in [1.54, 1.807) is 38.1 Å². The lowest BCUT2D eigenvalue weighted by atomic mass is 10.0. The Labute approximate surface area is 222 Å². The Morgan fingerprint density at radius 3 is 2.82 bits per heavy atom. The zero-order valence-corrected chi connectivity index (χ0v) is 21.8. The minimum absolute atomic E-state index is 0.00442. The fourth-order valence-electron chi connectivity index (χ4n) is 4.36. The van der Waals surface area contributed by atoms with E-state index in [1.807, 2.05) is 0 Å². The molecule has 0 amide bonds. The molecule has 204 valence electrons. The van der Waals surface area contributed by atoms with Crippen molar-refractivity contribution < 1.29 is 41.9 Å². The lowest BCUT2D eigenvalue weighted by Crippen LogP contribution is -2.49. The van der Waals surface area contributed by atoms with Crippen LogP contribution in [0.4, 0.5) is 5.82 Å². The maximum atomic E-state index is 13.7. The maximum absolute atomic E-state index is 13.7. The zero-order chi connectivity index (χ0) is 27.8. The van der Waals surface area contributed by atoms with Crippen molar-refractivity contribution in [1.29, 1.82) is 0 Å². The number of para-hydroxylation sites is 1. The van der Waals surface area contributed by atoms with Crippen LogP contribution in [0.15, 0.2) is 42.7 Å². The largest absolute Gasteiger partial charge is 0.531 e. The first-order valence-electron chi connectivity index (χ1n) is 12.0. The van der Waals surface area contributed by atoms with Gasteiger partial charge in [-0.1, -0.05) is 19.1 Å². The summed E-state index contributed by atoms with van der Waals surface area (Å²) in [6.45, 7) is 10.7. The molecule has 3 aromatic rings. The van der Waals surface area contributed by atoms with Crippen molar-refractivity contribution in [2.45, 2.75) is 44.3 Å². The summed E-state index contributed by atoms with van der Waals surface area (Å²) in [6, 6.07) is 9.25. The number of nitrogens with zero attached hydrogens (tertiary/aromatic N) is 4. The lowest BCUT2D eigenvalue weighted by molar-refractivity contribution is -0.155. The van der Waals surface area contributed by atoms with Crippen LogP contribution in [0.3, 0.4) is 0 Å². The first-order chi connectivity index (χ1) is 18.7. The molecule has 4 heterocycles. The van der Waals surface area contributed by atoms with Gasteiger partial charge in [-0.05, 0) is 31.2 Å². The minimum atomic E-state index is -4.47. The number of fused-ring (bicyclic) bond motifs is 2. The van der Waals surface area contributed by atoms with Gasteiger partial charge in [-0.15, -0.1) is 0 Å². The van der Waals surface area contributed by atoms with Crippen LogP contribution in [0.2, 0.25) is 0 Å². The van der Waals surface area contributed by atoms with E-state index in [2.05, 4.69) is 14.9 Å². The topological polar surface area (TPSA) is 167 Å². The molecule has 0 bridgehead atoms. The number of nitrogens with two attached hydrogens (primary N) is 1. The summed E-state index contributed by atoms with van der Waals surface area (Å²) in [4.78, 5) is 32.4. The summed E-state index contributed by atoms with van der Waals surface area (Å²) in [5.41, 5.74) is 4.96. The molecular formula is C24H24N5O9P. The van der Waals surface area contributed by atoms with E-state index in [1.165, 1.54) is 23.0 Å². The van der Waals surface area contributed by atoms with Crippen molar-refractivity contribution >= 4 is 31.1 Å². The van der Waals surface area contributed by atoms with Gasteiger partial charge in [-0.2, -0.15) is 5.10 Å². The van der Waals surface area contributed by atoms with Gasteiger partial charge in [-0.3, -0.25) is 23.4 Å². The van der Waals surface area contributed by atoms with Crippen molar-refractivity contribution in [2.24, 2.45) is 0 Å². The van der Waals surface area contributed by atoms with E-state index in [4.69, 9.17) is 40.1 Å². The second-order valence-corrected chi connectivity index (χ2v) is 10.1. The Kier molecular flexibility index (Phi) is 7.00. The third-order valence-corrected chi connectivity index (χ3v) is 7.54. The molecule has 2 aliphatic rings. The molecule has 2 aliphatic heterocycles. The summed E-state index contributed by atoms with van der Waals surface area (Å²) >= 11 is 0. The number of ether oxygens (including phenoxy) is 3. The Hall–Kier alpha value is -4.02. The van der Waals surface area contributed by atoms with Gasteiger partial charge in [-0.25, -0.2) is 25.4 Å². The number of phosphoric acid groups is 1. The number of benzene rings is 1. The fourth-order valence-corrected chi connectivity index (χ4v) is 5.82. The van der Waals surface area contributed by atoms with E-state index >= 15 is 0 Å². The highest BCUT2D eigenvalue weighted by Gasteiger charge is 2.70. The fraction of sp³-hybridized carbons (Fsp3) is 0.375. The van der Waals surface area contributed by atoms with E-state index in [0.29, 0.717) is 11.2 Å². The molecule has 5 rings (SSSR count). The second kappa shape index (κ2) is 10.3. The third-order valence-electron chi connectivity index (χ3n) is 6.19. The number of hydrogen-bond acceptors (Lipinski definition) is 12. The number of phosphoric ester groups is 1. The average Bonchev–Trinajstić information content (AvgIpc) is 3.49. The molecule has 0 radical (unpaired) electrons.